The van der Waals surface area contributed by atoms with Gasteiger partial charge in [-0.3, -0.25) is 29.5 Å². The first kappa shape index (κ1) is 41.6. The van der Waals surface area contributed by atoms with Crippen LogP contribution >= 0.6 is 23.2 Å². The Morgan fingerprint density at radius 1 is 0.794 bits per heavy atom. The number of amides is 4. The van der Waals surface area contributed by atoms with Gasteiger partial charge in [-0.25, -0.2) is 0 Å². The first-order chi connectivity index (χ1) is 30.4. The number of ether oxygens (including phenoxy) is 2. The summed E-state index contributed by atoms with van der Waals surface area (Å²) in [6.07, 6.45) is 2.12. The summed E-state index contributed by atoms with van der Waals surface area (Å²) in [6.45, 7) is 0. The molecule has 2 N–H and O–H groups in total. The van der Waals surface area contributed by atoms with Gasteiger partial charge >= 0.3 is 0 Å². The van der Waals surface area contributed by atoms with Gasteiger partial charge in [0.1, 0.15) is 17.2 Å². The number of carbonyl (C=O) groups excluding carboxylic acids is 4. The fourth-order valence-corrected chi connectivity index (χ4v) is 10.5. The molecule has 1 saturated carbocycles. The number of hydrazine groups is 1. The summed E-state index contributed by atoms with van der Waals surface area (Å²) in [5, 5.41) is 22.1. The van der Waals surface area contributed by atoms with Crippen LogP contribution in [0.5, 0.6) is 17.2 Å². The maximum Gasteiger partial charge on any atom is 0.260 e. The zero-order chi connectivity index (χ0) is 44.3. The number of azo groups is 1. The third-order valence-electron chi connectivity index (χ3n) is 12.9. The fourth-order valence-electron chi connectivity index (χ4n) is 10.0. The number of phenols is 1. The molecule has 2 saturated heterocycles. The average Bonchev–Trinajstić information content (AvgIpc) is 3.67. The highest BCUT2D eigenvalue weighted by molar-refractivity contribution is 6.36. The minimum Gasteiger partial charge on any atom is -0.508 e. The van der Waals surface area contributed by atoms with E-state index in [9.17, 15) is 14.7 Å². The number of phenolic OH excluding ortho intramolecular Hbond substituents is 1. The predicted molar refractivity (Wildman–Crippen MR) is 239 cm³/mol. The normalized spacial score (nSPS) is 24.0. The van der Waals surface area contributed by atoms with Gasteiger partial charge in [-0.1, -0.05) is 53.1 Å². The van der Waals surface area contributed by atoms with Crippen LogP contribution in [0.25, 0.3) is 0 Å². The molecule has 6 atom stereocenters. The summed E-state index contributed by atoms with van der Waals surface area (Å²) in [5.74, 6) is -5.80. The molecule has 4 amide bonds. The largest absolute Gasteiger partial charge is 0.508 e. The van der Waals surface area contributed by atoms with E-state index >= 15 is 9.59 Å². The maximum atomic E-state index is 15.6. The van der Waals surface area contributed by atoms with Crippen molar-refractivity contribution in [1.29, 1.82) is 0 Å². The lowest BCUT2D eigenvalue weighted by molar-refractivity contribution is -0.138. The molecular weight excluding hydrogens is 843 g/mol. The predicted octanol–water partition coefficient (Wildman–Crippen LogP) is 9.39. The Labute approximate surface area is 373 Å². The van der Waals surface area contributed by atoms with E-state index in [1.165, 1.54) is 31.3 Å². The zero-order valence-electron chi connectivity index (χ0n) is 34.7. The molecule has 0 bridgehead atoms. The first-order valence-corrected chi connectivity index (χ1v) is 21.1. The number of rotatable bonds is 10. The van der Waals surface area contributed by atoms with Gasteiger partial charge in [-0.05, 0) is 115 Å². The fraction of sp³-hybridized carbons (Fsp3) is 0.250. The van der Waals surface area contributed by atoms with Gasteiger partial charge in [0, 0.05) is 36.3 Å². The van der Waals surface area contributed by atoms with Gasteiger partial charge < -0.3 is 19.5 Å². The molecule has 3 fully saturated rings. The van der Waals surface area contributed by atoms with E-state index in [0.29, 0.717) is 39.0 Å². The zero-order valence-corrected chi connectivity index (χ0v) is 36.2. The summed E-state index contributed by atoms with van der Waals surface area (Å²) in [6, 6.07) is 30.7. The van der Waals surface area contributed by atoms with Crippen molar-refractivity contribution < 1.29 is 33.8 Å². The molecule has 9 rings (SSSR count). The van der Waals surface area contributed by atoms with Gasteiger partial charge in [0.15, 0.2) is 0 Å². The summed E-state index contributed by atoms with van der Waals surface area (Å²) < 4.78 is 11.4. The van der Waals surface area contributed by atoms with E-state index in [-0.39, 0.29) is 46.5 Å². The van der Waals surface area contributed by atoms with Crippen molar-refractivity contribution in [1.82, 2.24) is 5.01 Å². The van der Waals surface area contributed by atoms with E-state index in [0.717, 1.165) is 10.7 Å². The Kier molecular flexibility index (Phi) is 10.7. The van der Waals surface area contributed by atoms with Crippen molar-refractivity contribution >= 4 is 75.3 Å². The molecule has 2 aliphatic heterocycles. The van der Waals surface area contributed by atoms with E-state index in [4.69, 9.17) is 32.7 Å². The molecular formula is C48H42Cl2N6O7. The monoisotopic (exact) mass is 884 g/mol. The Morgan fingerprint density at radius 3 is 2.11 bits per heavy atom. The van der Waals surface area contributed by atoms with Gasteiger partial charge in [-0.15, -0.1) is 0 Å². The number of carbonyl (C=O) groups is 4. The SMILES string of the molecule is COc1ccc([C@@]23C(=O)N(Nc4ccc(Cl)cc4Cl)C(=O)[C@@H]2C[C@@H]2C(=CC[C@@H]4C(=O)N(c5ccc(N=Nc6ccc(N(C)C)cc6)cc5)C(=O)[C@@H]42)[C@@H]3c2c(O)cccc2OC)cc1. The topological polar surface area (TPSA) is 153 Å². The van der Waals surface area contributed by atoms with Crippen molar-refractivity contribution in [2.75, 3.05) is 43.5 Å². The molecule has 13 nitrogen and oxygen atoms in total. The van der Waals surface area contributed by atoms with Crippen LogP contribution in [0.3, 0.4) is 0 Å². The molecule has 2 heterocycles. The van der Waals surface area contributed by atoms with Gasteiger partial charge in [0.2, 0.25) is 11.8 Å². The molecule has 2 aliphatic carbocycles. The number of aromatic hydroxyl groups is 1. The number of benzene rings is 5. The van der Waals surface area contributed by atoms with Crippen LogP contribution in [0.1, 0.15) is 29.9 Å². The smallest absolute Gasteiger partial charge is 0.260 e. The number of anilines is 3. The van der Waals surface area contributed by atoms with Crippen LogP contribution in [-0.2, 0) is 24.6 Å². The summed E-state index contributed by atoms with van der Waals surface area (Å²) in [7, 11) is 6.91. The van der Waals surface area contributed by atoms with E-state index < -0.39 is 52.7 Å². The Bertz CT molecular complexity index is 2730. The van der Waals surface area contributed by atoms with Crippen LogP contribution in [0.2, 0.25) is 10.0 Å². The summed E-state index contributed by atoms with van der Waals surface area (Å²) in [4.78, 5) is 63.2. The van der Waals surface area contributed by atoms with Crippen LogP contribution in [0, 0.1) is 23.7 Å². The van der Waals surface area contributed by atoms with E-state index in [2.05, 4.69) is 15.7 Å². The van der Waals surface area contributed by atoms with Crippen molar-refractivity contribution in [3.05, 3.63) is 142 Å². The molecule has 0 aromatic heterocycles. The number of imide groups is 2. The number of hydrogen-bond acceptors (Lipinski definition) is 11. The van der Waals surface area contributed by atoms with Crippen LogP contribution in [0.15, 0.2) is 131 Å². The molecule has 0 unspecified atom stereocenters. The lowest BCUT2D eigenvalue weighted by Gasteiger charge is -2.50. The van der Waals surface area contributed by atoms with Gasteiger partial charge in [-0.2, -0.15) is 15.2 Å². The lowest BCUT2D eigenvalue weighted by atomic mass is 9.49. The highest BCUT2D eigenvalue weighted by atomic mass is 35.5. The Balaban J connectivity index is 1.13. The Hall–Kier alpha value is -6.70. The maximum absolute atomic E-state index is 15.6. The minimum atomic E-state index is -1.69. The third-order valence-corrected chi connectivity index (χ3v) is 13.4. The highest BCUT2D eigenvalue weighted by Crippen LogP contribution is 2.66. The quantitative estimate of drug-likeness (QED) is 0.0794. The number of halogens is 2. The van der Waals surface area contributed by atoms with Crippen molar-refractivity contribution in [2.24, 2.45) is 33.9 Å². The number of methoxy groups -OCH3 is 2. The number of nitrogens with zero attached hydrogens (tertiary/aromatic N) is 5. The molecule has 5 aromatic carbocycles. The summed E-state index contributed by atoms with van der Waals surface area (Å²) >= 11 is 12.8. The molecule has 15 heteroatoms. The molecule has 0 spiro atoms. The first-order valence-electron chi connectivity index (χ1n) is 20.3. The molecule has 0 radical (unpaired) electrons. The highest BCUT2D eigenvalue weighted by Gasteiger charge is 2.71. The second-order valence-corrected chi connectivity index (χ2v) is 17.1. The number of fused-ring (bicyclic) bond motifs is 4. The molecule has 63 heavy (non-hydrogen) atoms. The van der Waals surface area contributed by atoms with Crippen LogP contribution < -0.4 is 24.7 Å². The standard InChI is InChI=1S/C48H42Cl2N6O7/c1-54(2)30-15-11-28(12-16-30)51-52-29-13-17-31(18-14-29)55-44(58)34-22-21-33-35(41(34)46(55)60)25-36-45(59)56(53-38-23-10-27(49)24-37(38)50)47(61)48(36,26-8-19-32(62-3)20-9-26)43(33)42-39(57)6-5-7-40(42)63-4/h5-21,23-24,34-36,41,43,53,57H,22,25H2,1-4H3/t34-,35+,36-,41-,43+,48+/m0/s1. The third kappa shape index (κ3) is 6.77. The van der Waals surface area contributed by atoms with E-state index in [1.54, 1.807) is 72.8 Å². The molecule has 320 valence electrons. The van der Waals surface area contributed by atoms with E-state index in [1.807, 2.05) is 49.3 Å². The summed E-state index contributed by atoms with van der Waals surface area (Å²) in [5.41, 5.74) is 5.55. The second kappa shape index (κ2) is 16.2. The van der Waals surface area contributed by atoms with Gasteiger partial charge in [0.05, 0.1) is 65.2 Å². The van der Waals surface area contributed by atoms with Crippen molar-refractivity contribution in [3.8, 4) is 17.2 Å². The van der Waals surface area contributed by atoms with Crippen LogP contribution in [0.4, 0.5) is 28.4 Å². The van der Waals surface area contributed by atoms with Gasteiger partial charge in [0.25, 0.3) is 11.8 Å². The van der Waals surface area contributed by atoms with Crippen molar-refractivity contribution in [2.45, 2.75) is 24.2 Å². The van der Waals surface area contributed by atoms with Crippen molar-refractivity contribution in [3.63, 3.8) is 0 Å². The Morgan fingerprint density at radius 2 is 1.48 bits per heavy atom. The molecule has 4 aliphatic rings. The lowest BCUT2D eigenvalue weighted by Crippen LogP contribution is -2.53. The number of hydrogen-bond donors (Lipinski definition) is 2. The number of allylic oxidation sites excluding steroid dienone is 2. The van der Waals surface area contributed by atoms with Crippen LogP contribution in [-0.4, -0.2) is 62.1 Å². The number of nitrogens with one attached hydrogen (secondary N) is 1. The average molecular weight is 886 g/mol. The second-order valence-electron chi connectivity index (χ2n) is 16.2. The molecule has 5 aromatic rings. The minimum absolute atomic E-state index is 0.0320.